The Labute approximate surface area is 197 Å². The maximum Gasteiger partial charge on any atom is 0.136 e. The van der Waals surface area contributed by atoms with Crippen LogP contribution < -0.4 is 4.90 Å². The number of fused-ring (bicyclic) bond motifs is 2. The molecule has 2 aliphatic carbocycles. The Morgan fingerprint density at radius 1 is 1.19 bits per heavy atom. The highest BCUT2D eigenvalue weighted by Gasteiger charge is 2.58. The minimum absolute atomic E-state index is 0.0424. The fourth-order valence-electron chi connectivity index (χ4n) is 6.46. The average molecular weight is 448 g/mol. The highest BCUT2D eigenvalue weighted by molar-refractivity contribution is 6.36. The molecule has 1 aliphatic heterocycles. The zero-order valence-corrected chi connectivity index (χ0v) is 20.6. The largest absolute Gasteiger partial charge is 0.460 e. The summed E-state index contributed by atoms with van der Waals surface area (Å²) in [7, 11) is 0. The maximum atomic E-state index is 7.21. The number of anilines is 1. The van der Waals surface area contributed by atoms with Gasteiger partial charge in [0.2, 0.25) is 0 Å². The smallest absolute Gasteiger partial charge is 0.136 e. The number of hydrogen-bond donors (Lipinski definition) is 0. The van der Waals surface area contributed by atoms with Gasteiger partial charge in [0, 0.05) is 28.7 Å². The molecular weight excluding hydrogens is 414 g/mol. The molecule has 1 aromatic heterocycles. The molecule has 0 N–H and O–H groups in total. The van der Waals surface area contributed by atoms with Crippen LogP contribution in [0.5, 0.6) is 0 Å². The third-order valence-electron chi connectivity index (χ3n) is 8.32. The van der Waals surface area contributed by atoms with Crippen molar-refractivity contribution in [2.45, 2.75) is 78.2 Å². The molecule has 0 saturated heterocycles. The van der Waals surface area contributed by atoms with Crippen LogP contribution in [0.4, 0.5) is 5.69 Å². The molecule has 2 heterocycles. The minimum Gasteiger partial charge on any atom is -0.460 e. The molecule has 1 saturated carbocycles. The summed E-state index contributed by atoms with van der Waals surface area (Å²) in [5.74, 6) is 1.86. The third kappa shape index (κ3) is 2.99. The van der Waals surface area contributed by atoms with Crippen molar-refractivity contribution in [3.63, 3.8) is 0 Å². The topological polar surface area (TPSA) is 16.4 Å². The molecule has 2 nitrogen and oxygen atoms in total. The lowest BCUT2D eigenvalue weighted by Gasteiger charge is -2.51. The molecule has 1 aromatic carbocycles. The Morgan fingerprint density at radius 3 is 2.78 bits per heavy atom. The molecule has 0 spiro atoms. The summed E-state index contributed by atoms with van der Waals surface area (Å²) in [6.07, 6.45) is 17.1. The number of benzene rings is 1. The van der Waals surface area contributed by atoms with Gasteiger partial charge in [0.05, 0.1) is 16.2 Å². The van der Waals surface area contributed by atoms with E-state index in [1.165, 1.54) is 31.4 Å². The van der Waals surface area contributed by atoms with Gasteiger partial charge in [-0.25, -0.2) is 0 Å². The number of furan rings is 1. The number of allylic oxidation sites excluding steroid dienone is 3. The average Bonchev–Trinajstić information content (AvgIpc) is 3.29. The monoisotopic (exact) mass is 447 g/mol. The highest BCUT2D eigenvalue weighted by atomic mass is 35.5. The van der Waals surface area contributed by atoms with Crippen LogP contribution in [0.3, 0.4) is 0 Å². The Morgan fingerprint density at radius 2 is 2.00 bits per heavy atom. The van der Waals surface area contributed by atoms with Crippen molar-refractivity contribution >= 4 is 23.4 Å². The second-order valence-corrected chi connectivity index (χ2v) is 10.3. The van der Waals surface area contributed by atoms with Gasteiger partial charge in [-0.1, -0.05) is 62.6 Å². The van der Waals surface area contributed by atoms with Gasteiger partial charge in [0.1, 0.15) is 11.5 Å². The van der Waals surface area contributed by atoms with E-state index in [0.717, 1.165) is 52.6 Å². The Kier molecular flexibility index (Phi) is 5.40. The summed E-state index contributed by atoms with van der Waals surface area (Å²) >= 11 is 7.21. The van der Waals surface area contributed by atoms with Crippen molar-refractivity contribution in [3.8, 4) is 11.3 Å². The van der Waals surface area contributed by atoms with Crippen molar-refractivity contribution in [3.05, 3.63) is 70.1 Å². The van der Waals surface area contributed by atoms with Gasteiger partial charge in [0.25, 0.3) is 0 Å². The van der Waals surface area contributed by atoms with Crippen molar-refractivity contribution < 1.29 is 4.42 Å². The van der Waals surface area contributed by atoms with Gasteiger partial charge < -0.3 is 9.32 Å². The van der Waals surface area contributed by atoms with Crippen molar-refractivity contribution in [1.29, 1.82) is 0 Å². The normalized spacial score (nSPS) is 27.3. The minimum atomic E-state index is 0.0424. The second-order valence-electron chi connectivity index (χ2n) is 9.93. The molecule has 5 rings (SSSR count). The predicted octanol–water partition coefficient (Wildman–Crippen LogP) is 8.96. The van der Waals surface area contributed by atoms with Crippen molar-refractivity contribution in [2.24, 2.45) is 5.41 Å². The van der Waals surface area contributed by atoms with E-state index in [2.05, 4.69) is 74.2 Å². The molecule has 2 atom stereocenters. The second kappa shape index (κ2) is 7.99. The third-order valence-corrected chi connectivity index (χ3v) is 8.72. The molecular formula is C29H34ClNO. The number of halogens is 1. The van der Waals surface area contributed by atoms with Crippen LogP contribution in [0.15, 0.2) is 58.2 Å². The molecule has 0 radical (unpaired) electrons. The van der Waals surface area contributed by atoms with E-state index in [-0.39, 0.29) is 11.0 Å². The van der Waals surface area contributed by atoms with Gasteiger partial charge in [-0.3, -0.25) is 0 Å². The van der Waals surface area contributed by atoms with Crippen LogP contribution in [0, 0.1) is 5.41 Å². The summed E-state index contributed by atoms with van der Waals surface area (Å²) in [5.41, 5.74) is 6.48. The lowest BCUT2D eigenvalue weighted by atomic mass is 9.60. The fraction of sp³-hybridized carbons (Fsp3) is 0.448. The standard InChI is InChI=1S/C29H34ClNO/c1-5-12-20-19-26(32-25(20)6-2)21-13-11-16-24(27(21)30)31-23-15-8-7-14-22(23)28(3)17-9-10-18-29(28,31)4/h5,8,11-13,15-16,19H,6-7,9-10,14,17-18H2,1-4H3/b12-5-. The summed E-state index contributed by atoms with van der Waals surface area (Å²) in [6.45, 7) is 9.14. The molecule has 3 heteroatoms. The highest BCUT2D eigenvalue weighted by Crippen LogP contribution is 2.62. The van der Waals surface area contributed by atoms with Crippen LogP contribution in [0.1, 0.15) is 77.5 Å². The first-order valence-electron chi connectivity index (χ1n) is 12.2. The summed E-state index contributed by atoms with van der Waals surface area (Å²) in [6, 6.07) is 8.55. The molecule has 0 bridgehead atoms. The van der Waals surface area contributed by atoms with Gasteiger partial charge in [-0.2, -0.15) is 0 Å². The molecule has 1 fully saturated rings. The summed E-state index contributed by atoms with van der Waals surface area (Å²) < 4.78 is 6.28. The van der Waals surface area contributed by atoms with E-state index in [4.69, 9.17) is 16.0 Å². The lowest BCUT2D eigenvalue weighted by molar-refractivity contribution is 0.147. The van der Waals surface area contributed by atoms with E-state index in [1.807, 2.05) is 6.92 Å². The van der Waals surface area contributed by atoms with Crippen LogP contribution >= 0.6 is 11.6 Å². The number of aryl methyl sites for hydroxylation is 1. The van der Waals surface area contributed by atoms with E-state index < -0.39 is 0 Å². The number of rotatable bonds is 4. The van der Waals surface area contributed by atoms with Gasteiger partial charge in [-0.15, -0.1) is 0 Å². The molecule has 2 aromatic rings. The Bertz CT molecular complexity index is 1140. The predicted molar refractivity (Wildman–Crippen MR) is 136 cm³/mol. The zero-order chi connectivity index (χ0) is 22.5. The molecule has 2 unspecified atom stereocenters. The van der Waals surface area contributed by atoms with Crippen LogP contribution in [-0.4, -0.2) is 5.54 Å². The van der Waals surface area contributed by atoms with Crippen LogP contribution in [-0.2, 0) is 6.42 Å². The van der Waals surface area contributed by atoms with Crippen LogP contribution in [0.25, 0.3) is 17.4 Å². The van der Waals surface area contributed by atoms with Gasteiger partial charge in [0.15, 0.2) is 0 Å². The molecule has 32 heavy (non-hydrogen) atoms. The molecule has 168 valence electrons. The van der Waals surface area contributed by atoms with Gasteiger partial charge >= 0.3 is 0 Å². The van der Waals surface area contributed by atoms with E-state index in [1.54, 1.807) is 5.57 Å². The molecule has 3 aliphatic rings. The first kappa shape index (κ1) is 21.6. The zero-order valence-electron chi connectivity index (χ0n) is 19.8. The van der Waals surface area contributed by atoms with Crippen molar-refractivity contribution in [1.82, 2.24) is 0 Å². The van der Waals surface area contributed by atoms with Gasteiger partial charge in [-0.05, 0) is 69.4 Å². The van der Waals surface area contributed by atoms with E-state index in [0.29, 0.717) is 0 Å². The first-order valence-corrected chi connectivity index (χ1v) is 12.6. The summed E-state index contributed by atoms with van der Waals surface area (Å²) in [4.78, 5) is 2.58. The molecule has 0 amide bonds. The van der Waals surface area contributed by atoms with E-state index >= 15 is 0 Å². The first-order chi connectivity index (χ1) is 15.4. The van der Waals surface area contributed by atoms with Crippen molar-refractivity contribution in [2.75, 3.05) is 4.90 Å². The SMILES string of the molecule is C/C=C\c1cc(-c2cccc(N3C4=C(CCC=C4)C4(C)CCCCC34C)c2Cl)oc1CC. The quantitative estimate of drug-likeness (QED) is 0.464. The number of nitrogens with zero attached hydrogens (tertiary/aromatic N) is 1. The Hall–Kier alpha value is -2.19. The number of hydrogen-bond acceptors (Lipinski definition) is 2. The fourth-order valence-corrected chi connectivity index (χ4v) is 6.77. The Balaban J connectivity index is 1.66. The summed E-state index contributed by atoms with van der Waals surface area (Å²) in [5, 5.41) is 0.790. The van der Waals surface area contributed by atoms with Crippen LogP contribution in [0.2, 0.25) is 5.02 Å². The maximum absolute atomic E-state index is 7.21. The van der Waals surface area contributed by atoms with E-state index in [9.17, 15) is 0 Å². The lowest BCUT2D eigenvalue weighted by Crippen LogP contribution is -2.54.